The van der Waals surface area contributed by atoms with Gasteiger partial charge in [-0.25, -0.2) is 4.98 Å². The summed E-state index contributed by atoms with van der Waals surface area (Å²) in [7, 11) is 3.21. The molecule has 0 bridgehead atoms. The minimum Gasteiger partial charge on any atom is -0.493 e. The van der Waals surface area contributed by atoms with Crippen LogP contribution in [0.1, 0.15) is 21.5 Å². The molecule has 150 valence electrons. The molecule has 0 atom stereocenters. The van der Waals surface area contributed by atoms with Gasteiger partial charge in [0.2, 0.25) is 0 Å². The van der Waals surface area contributed by atoms with Crippen LogP contribution in [0.5, 0.6) is 11.5 Å². The summed E-state index contributed by atoms with van der Waals surface area (Å²) in [5.74, 6) is 1.88. The average Bonchev–Trinajstić information content (AvgIpc) is 2.78. The Morgan fingerprint density at radius 2 is 1.72 bits per heavy atom. The van der Waals surface area contributed by atoms with Gasteiger partial charge in [-0.1, -0.05) is 36.4 Å². The highest BCUT2D eigenvalue weighted by Gasteiger charge is 2.08. The van der Waals surface area contributed by atoms with Crippen LogP contribution < -0.4 is 20.1 Å². The number of amides is 1. The first-order valence-corrected chi connectivity index (χ1v) is 9.42. The molecule has 6 heteroatoms. The zero-order valence-electron chi connectivity index (χ0n) is 16.6. The van der Waals surface area contributed by atoms with Gasteiger partial charge < -0.3 is 20.1 Å². The van der Waals surface area contributed by atoms with E-state index in [1.165, 1.54) is 5.56 Å². The molecule has 6 nitrogen and oxygen atoms in total. The molecule has 2 aromatic carbocycles. The first-order chi connectivity index (χ1) is 14.2. The molecule has 0 saturated heterocycles. The third-order valence-corrected chi connectivity index (χ3v) is 4.49. The molecule has 0 radical (unpaired) electrons. The number of nitrogens with one attached hydrogen (secondary N) is 2. The van der Waals surface area contributed by atoms with Crippen LogP contribution in [0.25, 0.3) is 0 Å². The van der Waals surface area contributed by atoms with Crippen molar-refractivity contribution in [1.29, 1.82) is 0 Å². The Morgan fingerprint density at radius 1 is 0.931 bits per heavy atom. The van der Waals surface area contributed by atoms with Crippen LogP contribution in [0.4, 0.5) is 5.82 Å². The molecule has 2 N–H and O–H groups in total. The lowest BCUT2D eigenvalue weighted by molar-refractivity contribution is 0.0954. The summed E-state index contributed by atoms with van der Waals surface area (Å²) < 4.78 is 10.6. The number of rotatable bonds is 9. The van der Waals surface area contributed by atoms with E-state index in [0.717, 1.165) is 12.0 Å². The highest BCUT2D eigenvalue weighted by Crippen LogP contribution is 2.27. The van der Waals surface area contributed by atoms with E-state index in [1.54, 1.807) is 32.5 Å². The zero-order chi connectivity index (χ0) is 20.5. The zero-order valence-corrected chi connectivity index (χ0v) is 16.6. The minimum atomic E-state index is -0.113. The van der Waals surface area contributed by atoms with E-state index in [0.29, 0.717) is 36.0 Å². The van der Waals surface area contributed by atoms with Crippen LogP contribution in [-0.2, 0) is 13.0 Å². The molecular formula is C23H25N3O3. The van der Waals surface area contributed by atoms with Gasteiger partial charge in [0.1, 0.15) is 5.82 Å². The lowest BCUT2D eigenvalue weighted by Crippen LogP contribution is -2.25. The fourth-order valence-electron chi connectivity index (χ4n) is 2.92. The third kappa shape index (κ3) is 5.72. The molecule has 0 spiro atoms. The van der Waals surface area contributed by atoms with Gasteiger partial charge in [0.15, 0.2) is 11.5 Å². The number of carbonyl (C=O) groups excluding carboxylic acids is 1. The van der Waals surface area contributed by atoms with E-state index >= 15 is 0 Å². The van der Waals surface area contributed by atoms with E-state index < -0.39 is 0 Å². The number of benzene rings is 2. The Hall–Kier alpha value is -3.54. The van der Waals surface area contributed by atoms with Gasteiger partial charge in [-0.05, 0) is 41.8 Å². The van der Waals surface area contributed by atoms with E-state index in [1.807, 2.05) is 36.4 Å². The number of nitrogens with zero attached hydrogens (tertiary/aromatic N) is 1. The second-order valence-electron chi connectivity index (χ2n) is 6.46. The molecule has 0 aliphatic carbocycles. The van der Waals surface area contributed by atoms with E-state index in [4.69, 9.17) is 9.47 Å². The Bertz CT molecular complexity index is 945. The molecule has 1 aromatic heterocycles. The quantitative estimate of drug-likeness (QED) is 0.582. The topological polar surface area (TPSA) is 72.5 Å². The minimum absolute atomic E-state index is 0.113. The van der Waals surface area contributed by atoms with Crippen molar-refractivity contribution >= 4 is 11.7 Å². The molecule has 1 amide bonds. The largest absolute Gasteiger partial charge is 0.493 e. The van der Waals surface area contributed by atoms with E-state index in [-0.39, 0.29) is 5.91 Å². The van der Waals surface area contributed by atoms with Gasteiger partial charge in [-0.2, -0.15) is 0 Å². The van der Waals surface area contributed by atoms with Crippen molar-refractivity contribution in [1.82, 2.24) is 10.3 Å². The average molecular weight is 391 g/mol. The van der Waals surface area contributed by atoms with Crippen LogP contribution in [0, 0.1) is 0 Å². The summed E-state index contributed by atoms with van der Waals surface area (Å²) in [6.45, 7) is 1.13. The molecule has 0 aliphatic rings. The normalized spacial score (nSPS) is 10.3. The van der Waals surface area contributed by atoms with Crippen LogP contribution in [0.15, 0.2) is 66.9 Å². The molecule has 0 aliphatic heterocycles. The monoisotopic (exact) mass is 391 g/mol. The highest BCUT2D eigenvalue weighted by atomic mass is 16.5. The molecule has 3 aromatic rings. The fourth-order valence-corrected chi connectivity index (χ4v) is 2.92. The molecule has 0 fully saturated rings. The number of aromatic nitrogens is 1. The van der Waals surface area contributed by atoms with Gasteiger partial charge in [0, 0.05) is 24.8 Å². The van der Waals surface area contributed by atoms with Crippen LogP contribution in [0.3, 0.4) is 0 Å². The van der Waals surface area contributed by atoms with Gasteiger partial charge in [-0.3, -0.25) is 4.79 Å². The smallest absolute Gasteiger partial charge is 0.251 e. The number of pyridine rings is 1. The summed E-state index contributed by atoms with van der Waals surface area (Å²) in [5, 5.41) is 6.19. The molecule has 1 heterocycles. The van der Waals surface area contributed by atoms with Gasteiger partial charge in [-0.15, -0.1) is 0 Å². The Morgan fingerprint density at radius 3 is 2.48 bits per heavy atom. The summed E-state index contributed by atoms with van der Waals surface area (Å²) >= 11 is 0. The number of methoxy groups -OCH3 is 2. The molecule has 3 rings (SSSR count). The summed E-state index contributed by atoms with van der Waals surface area (Å²) in [4.78, 5) is 16.7. The summed E-state index contributed by atoms with van der Waals surface area (Å²) in [6, 6.07) is 19.3. The first kappa shape index (κ1) is 20.2. The van der Waals surface area contributed by atoms with Crippen molar-refractivity contribution in [2.24, 2.45) is 0 Å². The van der Waals surface area contributed by atoms with Crippen LogP contribution in [0.2, 0.25) is 0 Å². The molecule has 0 unspecified atom stereocenters. The number of ether oxygens (including phenoxy) is 2. The van der Waals surface area contributed by atoms with Crippen molar-refractivity contribution < 1.29 is 14.3 Å². The standard InChI is InChI=1S/C23H25N3O3/c1-28-20-9-8-18(14-21(20)29-2)16-26-22-15-19(11-13-24-22)23(27)25-12-10-17-6-4-3-5-7-17/h3-9,11,13-15H,10,12,16H2,1-2H3,(H,24,26)(H,25,27). The predicted molar refractivity (Wildman–Crippen MR) is 114 cm³/mol. The van der Waals surface area contributed by atoms with Crippen molar-refractivity contribution in [3.8, 4) is 11.5 Å². The number of anilines is 1. The lowest BCUT2D eigenvalue weighted by Gasteiger charge is -2.11. The maximum absolute atomic E-state index is 12.4. The number of carbonyl (C=O) groups is 1. The maximum Gasteiger partial charge on any atom is 0.251 e. The Balaban J connectivity index is 1.55. The van der Waals surface area contributed by atoms with Crippen molar-refractivity contribution in [2.45, 2.75) is 13.0 Å². The van der Waals surface area contributed by atoms with Crippen molar-refractivity contribution in [3.63, 3.8) is 0 Å². The number of hydrogen-bond acceptors (Lipinski definition) is 5. The number of hydrogen-bond donors (Lipinski definition) is 2. The second-order valence-corrected chi connectivity index (χ2v) is 6.46. The van der Waals surface area contributed by atoms with Gasteiger partial charge in [0.05, 0.1) is 14.2 Å². The Kier molecular flexibility index (Phi) is 7.05. The lowest BCUT2D eigenvalue weighted by atomic mass is 10.1. The molecule has 29 heavy (non-hydrogen) atoms. The highest BCUT2D eigenvalue weighted by molar-refractivity contribution is 5.94. The van der Waals surface area contributed by atoms with Crippen molar-refractivity contribution in [2.75, 3.05) is 26.1 Å². The van der Waals surface area contributed by atoms with E-state index in [2.05, 4.69) is 27.8 Å². The third-order valence-electron chi connectivity index (χ3n) is 4.49. The molecule has 0 saturated carbocycles. The summed E-state index contributed by atoms with van der Waals surface area (Å²) in [6.07, 6.45) is 2.42. The van der Waals surface area contributed by atoms with Gasteiger partial charge >= 0.3 is 0 Å². The summed E-state index contributed by atoms with van der Waals surface area (Å²) in [5.41, 5.74) is 2.78. The van der Waals surface area contributed by atoms with Crippen LogP contribution in [-0.4, -0.2) is 31.7 Å². The predicted octanol–water partition coefficient (Wildman–Crippen LogP) is 3.68. The van der Waals surface area contributed by atoms with Crippen molar-refractivity contribution in [3.05, 3.63) is 83.6 Å². The second kappa shape index (κ2) is 10.1. The first-order valence-electron chi connectivity index (χ1n) is 9.42. The SMILES string of the molecule is COc1ccc(CNc2cc(C(=O)NCCc3ccccc3)ccn2)cc1OC. The van der Waals surface area contributed by atoms with Crippen LogP contribution >= 0.6 is 0 Å². The maximum atomic E-state index is 12.4. The Labute approximate surface area is 170 Å². The van der Waals surface area contributed by atoms with E-state index in [9.17, 15) is 4.79 Å². The van der Waals surface area contributed by atoms with Gasteiger partial charge in [0.25, 0.3) is 5.91 Å². The fraction of sp³-hybridized carbons (Fsp3) is 0.217. The molecular weight excluding hydrogens is 366 g/mol.